The van der Waals surface area contributed by atoms with Gasteiger partial charge in [-0.25, -0.2) is 9.59 Å². The number of amides is 3. The minimum Gasteiger partial charge on any atom is -0.481 e. The van der Waals surface area contributed by atoms with Crippen LogP contribution in [-0.2, 0) is 19.1 Å². The standard InChI is InChI=1S/C13H20N2O6/c1-21-12(19)9-5-2-3-8-15(9)13(20)14-10(16)6-4-7-11(17)18/h9H,2-8H2,1H3,(H,17,18)(H,14,16,20). The predicted molar refractivity (Wildman–Crippen MR) is 71.4 cm³/mol. The molecule has 118 valence electrons. The zero-order valence-corrected chi connectivity index (χ0v) is 12.0. The molecule has 0 aromatic carbocycles. The van der Waals surface area contributed by atoms with Crippen molar-refractivity contribution in [2.24, 2.45) is 0 Å². The molecule has 1 heterocycles. The molecule has 0 bridgehead atoms. The SMILES string of the molecule is COC(=O)C1CCCCN1C(=O)NC(=O)CCCC(=O)O. The van der Waals surface area contributed by atoms with E-state index in [1.807, 2.05) is 0 Å². The van der Waals surface area contributed by atoms with Crippen LogP contribution >= 0.6 is 0 Å². The number of piperidine rings is 1. The number of carbonyl (C=O) groups is 4. The lowest BCUT2D eigenvalue weighted by Crippen LogP contribution is -2.53. The average molecular weight is 300 g/mol. The fraction of sp³-hybridized carbons (Fsp3) is 0.692. The second kappa shape index (κ2) is 8.23. The molecule has 0 saturated carbocycles. The maximum absolute atomic E-state index is 12.0. The first-order valence-corrected chi connectivity index (χ1v) is 6.85. The van der Waals surface area contributed by atoms with E-state index in [0.29, 0.717) is 13.0 Å². The Bertz CT molecular complexity index is 423. The van der Waals surface area contributed by atoms with E-state index in [9.17, 15) is 19.2 Å². The van der Waals surface area contributed by atoms with Crippen LogP contribution in [-0.4, -0.2) is 53.6 Å². The van der Waals surface area contributed by atoms with E-state index in [2.05, 4.69) is 10.1 Å². The number of ether oxygens (including phenoxy) is 1. The number of nitrogens with one attached hydrogen (secondary N) is 1. The Morgan fingerprint density at radius 1 is 1.24 bits per heavy atom. The number of urea groups is 1. The van der Waals surface area contributed by atoms with Crippen LogP contribution in [0.2, 0.25) is 0 Å². The van der Waals surface area contributed by atoms with Crippen LogP contribution in [0.15, 0.2) is 0 Å². The lowest BCUT2D eigenvalue weighted by atomic mass is 10.0. The molecule has 3 amide bonds. The van der Waals surface area contributed by atoms with Crippen LogP contribution < -0.4 is 5.32 Å². The number of esters is 1. The molecule has 0 aliphatic carbocycles. The summed E-state index contributed by atoms with van der Waals surface area (Å²) in [6.45, 7) is 0.383. The number of carboxylic acids is 1. The fourth-order valence-electron chi connectivity index (χ4n) is 2.21. The fourth-order valence-corrected chi connectivity index (χ4v) is 2.21. The summed E-state index contributed by atoms with van der Waals surface area (Å²) in [7, 11) is 1.25. The van der Waals surface area contributed by atoms with E-state index in [0.717, 1.165) is 12.8 Å². The number of carbonyl (C=O) groups excluding carboxylic acids is 3. The van der Waals surface area contributed by atoms with Crippen LogP contribution in [0.3, 0.4) is 0 Å². The van der Waals surface area contributed by atoms with Crippen LogP contribution in [0.25, 0.3) is 0 Å². The summed E-state index contributed by atoms with van der Waals surface area (Å²) in [5.74, 6) is -2.03. The molecule has 1 unspecified atom stereocenters. The Kier molecular flexibility index (Phi) is 6.64. The Morgan fingerprint density at radius 3 is 2.57 bits per heavy atom. The lowest BCUT2D eigenvalue weighted by molar-refractivity contribution is -0.147. The summed E-state index contributed by atoms with van der Waals surface area (Å²) >= 11 is 0. The summed E-state index contributed by atoms with van der Waals surface area (Å²) in [6.07, 6.45) is 2.07. The summed E-state index contributed by atoms with van der Waals surface area (Å²) in [6, 6.07) is -1.30. The molecule has 1 rings (SSSR count). The number of hydrogen-bond acceptors (Lipinski definition) is 5. The Balaban J connectivity index is 2.50. The molecule has 0 spiro atoms. The predicted octanol–water partition coefficient (Wildman–Crippen LogP) is 0.505. The van der Waals surface area contributed by atoms with Gasteiger partial charge >= 0.3 is 18.0 Å². The summed E-state index contributed by atoms with van der Waals surface area (Å²) in [4.78, 5) is 46.8. The van der Waals surface area contributed by atoms with Gasteiger partial charge < -0.3 is 14.7 Å². The molecule has 8 nitrogen and oxygen atoms in total. The van der Waals surface area contributed by atoms with Crippen molar-refractivity contribution in [1.29, 1.82) is 0 Å². The number of nitrogens with zero attached hydrogens (tertiary/aromatic N) is 1. The highest BCUT2D eigenvalue weighted by Gasteiger charge is 2.33. The highest BCUT2D eigenvalue weighted by Crippen LogP contribution is 2.18. The van der Waals surface area contributed by atoms with E-state index in [1.54, 1.807) is 0 Å². The average Bonchev–Trinajstić information content (AvgIpc) is 2.45. The second-order valence-electron chi connectivity index (χ2n) is 4.83. The number of hydrogen-bond donors (Lipinski definition) is 2. The number of rotatable bonds is 5. The van der Waals surface area contributed by atoms with Crippen molar-refractivity contribution in [1.82, 2.24) is 10.2 Å². The first-order valence-electron chi connectivity index (χ1n) is 6.85. The van der Waals surface area contributed by atoms with Gasteiger partial charge in [-0.2, -0.15) is 0 Å². The van der Waals surface area contributed by atoms with Gasteiger partial charge in [-0.1, -0.05) is 0 Å². The number of likely N-dealkylation sites (tertiary alicyclic amines) is 1. The van der Waals surface area contributed by atoms with E-state index >= 15 is 0 Å². The molecule has 8 heteroatoms. The topological polar surface area (TPSA) is 113 Å². The Morgan fingerprint density at radius 2 is 1.95 bits per heavy atom. The van der Waals surface area contributed by atoms with E-state index in [1.165, 1.54) is 12.0 Å². The molecular weight excluding hydrogens is 280 g/mol. The highest BCUT2D eigenvalue weighted by molar-refractivity contribution is 5.96. The second-order valence-corrected chi connectivity index (χ2v) is 4.83. The van der Waals surface area contributed by atoms with Gasteiger partial charge in [-0.3, -0.25) is 14.9 Å². The first kappa shape index (κ1) is 16.9. The van der Waals surface area contributed by atoms with Gasteiger partial charge in [0.05, 0.1) is 7.11 Å². The number of aliphatic carboxylic acids is 1. The van der Waals surface area contributed by atoms with E-state index < -0.39 is 29.9 Å². The zero-order chi connectivity index (χ0) is 15.8. The third-order valence-corrected chi connectivity index (χ3v) is 3.28. The molecule has 0 aromatic heterocycles. The zero-order valence-electron chi connectivity index (χ0n) is 12.0. The van der Waals surface area contributed by atoms with Crippen molar-refractivity contribution in [3.8, 4) is 0 Å². The molecule has 0 aromatic rings. The third kappa shape index (κ3) is 5.41. The van der Waals surface area contributed by atoms with Crippen LogP contribution in [0.1, 0.15) is 38.5 Å². The van der Waals surface area contributed by atoms with Crippen molar-refractivity contribution < 1.29 is 29.0 Å². The van der Waals surface area contributed by atoms with Crippen molar-refractivity contribution in [2.45, 2.75) is 44.6 Å². The number of carboxylic acid groups (broad SMARTS) is 1. The van der Waals surface area contributed by atoms with E-state index in [-0.39, 0.29) is 19.3 Å². The number of methoxy groups -OCH3 is 1. The van der Waals surface area contributed by atoms with Gasteiger partial charge in [-0.15, -0.1) is 0 Å². The molecule has 1 fully saturated rings. The summed E-state index contributed by atoms with van der Waals surface area (Å²) in [5.41, 5.74) is 0. The minimum absolute atomic E-state index is 0.0469. The molecule has 21 heavy (non-hydrogen) atoms. The van der Waals surface area contributed by atoms with Gasteiger partial charge in [0.2, 0.25) is 5.91 Å². The lowest BCUT2D eigenvalue weighted by Gasteiger charge is -2.33. The van der Waals surface area contributed by atoms with Crippen LogP contribution in [0.4, 0.5) is 4.79 Å². The molecule has 0 radical (unpaired) electrons. The van der Waals surface area contributed by atoms with Crippen LogP contribution in [0, 0.1) is 0 Å². The molecule has 2 N–H and O–H groups in total. The molecular formula is C13H20N2O6. The Hall–Kier alpha value is -2.12. The molecule has 1 aliphatic rings. The van der Waals surface area contributed by atoms with Crippen molar-refractivity contribution >= 4 is 23.9 Å². The molecule has 1 aliphatic heterocycles. The van der Waals surface area contributed by atoms with Crippen LogP contribution in [0.5, 0.6) is 0 Å². The van der Waals surface area contributed by atoms with Gasteiger partial charge in [0, 0.05) is 19.4 Å². The monoisotopic (exact) mass is 300 g/mol. The van der Waals surface area contributed by atoms with E-state index in [4.69, 9.17) is 5.11 Å². The van der Waals surface area contributed by atoms with Gasteiger partial charge in [-0.05, 0) is 25.7 Å². The quantitative estimate of drug-likeness (QED) is 0.715. The maximum atomic E-state index is 12.0. The highest BCUT2D eigenvalue weighted by atomic mass is 16.5. The van der Waals surface area contributed by atoms with Crippen molar-refractivity contribution in [3.05, 3.63) is 0 Å². The summed E-state index contributed by atoms with van der Waals surface area (Å²) in [5, 5.41) is 10.7. The van der Waals surface area contributed by atoms with Crippen molar-refractivity contribution in [2.75, 3.05) is 13.7 Å². The van der Waals surface area contributed by atoms with Gasteiger partial charge in [0.1, 0.15) is 6.04 Å². The maximum Gasteiger partial charge on any atom is 0.328 e. The largest absolute Gasteiger partial charge is 0.481 e. The normalized spacial score (nSPS) is 18.0. The van der Waals surface area contributed by atoms with Gasteiger partial charge in [0.25, 0.3) is 0 Å². The molecule has 1 saturated heterocycles. The Labute approximate surface area is 122 Å². The summed E-state index contributed by atoms with van der Waals surface area (Å²) < 4.78 is 4.66. The number of imide groups is 1. The smallest absolute Gasteiger partial charge is 0.328 e. The first-order chi connectivity index (χ1) is 9.95. The van der Waals surface area contributed by atoms with Crippen molar-refractivity contribution in [3.63, 3.8) is 0 Å². The molecule has 1 atom stereocenters. The van der Waals surface area contributed by atoms with Gasteiger partial charge in [0.15, 0.2) is 0 Å². The third-order valence-electron chi connectivity index (χ3n) is 3.28. The minimum atomic E-state index is -0.990.